The number of benzene rings is 1. The fourth-order valence-electron chi connectivity index (χ4n) is 2.16. The minimum absolute atomic E-state index is 0.0144. The standard InChI is InChI=1S/C14H13FN6O/c1-7(16)13-20-12-8(3-2-4-9(12)15)14(22)21(13)11-6-18-10(17)5-19-11/h2-7H,16H2,1H3,(H2,17,18). The van der Waals surface area contributed by atoms with Gasteiger partial charge in [-0.2, -0.15) is 0 Å². The van der Waals surface area contributed by atoms with E-state index < -0.39 is 17.4 Å². The Morgan fingerprint density at radius 2 is 2.05 bits per heavy atom. The summed E-state index contributed by atoms with van der Waals surface area (Å²) in [6.07, 6.45) is 2.66. The highest BCUT2D eigenvalue weighted by Crippen LogP contribution is 2.17. The zero-order chi connectivity index (χ0) is 15.9. The molecule has 0 aliphatic carbocycles. The van der Waals surface area contributed by atoms with Crippen LogP contribution < -0.4 is 17.0 Å². The minimum atomic E-state index is -0.601. The zero-order valence-electron chi connectivity index (χ0n) is 11.7. The van der Waals surface area contributed by atoms with Gasteiger partial charge in [-0.05, 0) is 19.1 Å². The first-order valence-corrected chi connectivity index (χ1v) is 6.53. The summed E-state index contributed by atoms with van der Waals surface area (Å²) in [5, 5.41) is 0.142. The van der Waals surface area contributed by atoms with E-state index in [1.54, 1.807) is 6.92 Å². The number of rotatable bonds is 2. The number of fused-ring (bicyclic) bond motifs is 1. The van der Waals surface area contributed by atoms with E-state index in [1.165, 1.54) is 35.2 Å². The molecule has 0 radical (unpaired) electrons. The molecule has 112 valence electrons. The van der Waals surface area contributed by atoms with Gasteiger partial charge in [-0.25, -0.2) is 23.9 Å². The summed E-state index contributed by atoms with van der Waals surface area (Å²) in [7, 11) is 0. The topological polar surface area (TPSA) is 113 Å². The Balaban J connectivity index is 2.42. The van der Waals surface area contributed by atoms with Crippen LogP contribution in [0.2, 0.25) is 0 Å². The predicted molar refractivity (Wildman–Crippen MR) is 79.9 cm³/mol. The highest BCUT2D eigenvalue weighted by atomic mass is 19.1. The predicted octanol–water partition coefficient (Wildman–Crippen LogP) is 0.917. The number of nitrogens with two attached hydrogens (primary N) is 2. The lowest BCUT2D eigenvalue weighted by atomic mass is 10.2. The summed E-state index contributed by atoms with van der Waals surface area (Å²) in [5.41, 5.74) is 10.9. The van der Waals surface area contributed by atoms with Crippen molar-refractivity contribution in [2.24, 2.45) is 5.73 Å². The number of hydrogen-bond donors (Lipinski definition) is 2. The molecule has 1 aromatic carbocycles. The largest absolute Gasteiger partial charge is 0.382 e. The number of aromatic nitrogens is 4. The molecule has 22 heavy (non-hydrogen) atoms. The Morgan fingerprint density at radius 3 is 2.68 bits per heavy atom. The third kappa shape index (κ3) is 2.19. The molecule has 4 N–H and O–H groups in total. The molecule has 0 saturated carbocycles. The molecule has 3 rings (SSSR count). The average molecular weight is 300 g/mol. The van der Waals surface area contributed by atoms with Crippen molar-refractivity contribution < 1.29 is 4.39 Å². The fraction of sp³-hybridized carbons (Fsp3) is 0.143. The van der Waals surface area contributed by atoms with E-state index in [0.717, 1.165) is 0 Å². The van der Waals surface area contributed by atoms with E-state index in [2.05, 4.69) is 15.0 Å². The Morgan fingerprint density at radius 1 is 1.27 bits per heavy atom. The summed E-state index contributed by atoms with van der Waals surface area (Å²) in [6.45, 7) is 1.65. The molecule has 0 aliphatic rings. The van der Waals surface area contributed by atoms with Gasteiger partial charge in [-0.1, -0.05) is 6.07 Å². The van der Waals surface area contributed by atoms with E-state index in [1.807, 2.05) is 0 Å². The van der Waals surface area contributed by atoms with Gasteiger partial charge in [0, 0.05) is 0 Å². The molecule has 0 aliphatic heterocycles. The molecule has 0 spiro atoms. The van der Waals surface area contributed by atoms with Gasteiger partial charge in [-0.15, -0.1) is 0 Å². The van der Waals surface area contributed by atoms with Crippen molar-refractivity contribution in [2.45, 2.75) is 13.0 Å². The Kier molecular flexibility index (Phi) is 3.30. The van der Waals surface area contributed by atoms with E-state index in [0.29, 0.717) is 0 Å². The van der Waals surface area contributed by atoms with Crippen LogP contribution in [-0.4, -0.2) is 19.5 Å². The van der Waals surface area contributed by atoms with Gasteiger partial charge in [0.05, 0.1) is 23.8 Å². The van der Waals surface area contributed by atoms with E-state index in [-0.39, 0.29) is 28.4 Å². The molecule has 1 unspecified atom stereocenters. The van der Waals surface area contributed by atoms with Crippen molar-refractivity contribution in [1.29, 1.82) is 0 Å². The van der Waals surface area contributed by atoms with E-state index in [9.17, 15) is 9.18 Å². The maximum absolute atomic E-state index is 13.9. The molecule has 0 bridgehead atoms. The molecule has 7 nitrogen and oxygen atoms in total. The Labute approximate surface area is 124 Å². The van der Waals surface area contributed by atoms with Gasteiger partial charge < -0.3 is 11.5 Å². The summed E-state index contributed by atoms with van der Waals surface area (Å²) in [6, 6.07) is 3.59. The molecule has 3 aromatic rings. The quantitative estimate of drug-likeness (QED) is 0.727. The molecule has 2 aromatic heterocycles. The van der Waals surface area contributed by atoms with Crippen molar-refractivity contribution in [1.82, 2.24) is 19.5 Å². The normalized spacial score (nSPS) is 12.5. The Bertz CT molecular complexity index is 904. The number of para-hydroxylation sites is 1. The lowest BCUT2D eigenvalue weighted by Crippen LogP contribution is -2.28. The third-order valence-corrected chi connectivity index (χ3v) is 3.17. The summed E-state index contributed by atoms with van der Waals surface area (Å²) in [5.74, 6) is 0.0674. The number of nitrogens with zero attached hydrogens (tertiary/aromatic N) is 4. The summed E-state index contributed by atoms with van der Waals surface area (Å²) in [4.78, 5) is 24.9. The number of halogens is 1. The monoisotopic (exact) mass is 300 g/mol. The molecule has 0 amide bonds. The van der Waals surface area contributed by atoms with Crippen molar-refractivity contribution in [3.05, 3.63) is 52.6 Å². The lowest BCUT2D eigenvalue weighted by Gasteiger charge is -2.15. The van der Waals surface area contributed by atoms with Crippen molar-refractivity contribution >= 4 is 16.7 Å². The van der Waals surface area contributed by atoms with Crippen LogP contribution in [0.3, 0.4) is 0 Å². The molecule has 8 heteroatoms. The van der Waals surface area contributed by atoms with Crippen LogP contribution in [-0.2, 0) is 0 Å². The van der Waals surface area contributed by atoms with E-state index in [4.69, 9.17) is 11.5 Å². The second kappa shape index (κ2) is 5.15. The summed E-state index contributed by atoms with van der Waals surface area (Å²) < 4.78 is 15.1. The maximum Gasteiger partial charge on any atom is 0.267 e. The van der Waals surface area contributed by atoms with Crippen molar-refractivity contribution in [3.8, 4) is 5.82 Å². The van der Waals surface area contributed by atoms with Gasteiger partial charge in [0.1, 0.15) is 23.0 Å². The van der Waals surface area contributed by atoms with Gasteiger partial charge in [-0.3, -0.25) is 4.79 Å². The molecule has 0 saturated heterocycles. The second-order valence-corrected chi connectivity index (χ2v) is 4.83. The molecule has 2 heterocycles. The van der Waals surface area contributed by atoms with E-state index >= 15 is 0 Å². The third-order valence-electron chi connectivity index (χ3n) is 3.17. The highest BCUT2D eigenvalue weighted by Gasteiger charge is 2.18. The lowest BCUT2D eigenvalue weighted by molar-refractivity contribution is 0.629. The minimum Gasteiger partial charge on any atom is -0.382 e. The first-order valence-electron chi connectivity index (χ1n) is 6.53. The first-order chi connectivity index (χ1) is 10.5. The molecule has 0 fully saturated rings. The number of hydrogen-bond acceptors (Lipinski definition) is 6. The molecular weight excluding hydrogens is 287 g/mol. The fourth-order valence-corrected chi connectivity index (χ4v) is 2.16. The van der Waals surface area contributed by atoms with Gasteiger partial charge in [0.2, 0.25) is 0 Å². The molecular formula is C14H13FN6O. The van der Waals surface area contributed by atoms with Gasteiger partial charge in [0.25, 0.3) is 5.56 Å². The first kappa shape index (κ1) is 14.1. The SMILES string of the molecule is CC(N)c1nc2c(F)cccc2c(=O)n1-c1cnc(N)cn1. The number of anilines is 1. The van der Waals surface area contributed by atoms with Gasteiger partial charge >= 0.3 is 0 Å². The molecule has 1 atom stereocenters. The van der Waals surface area contributed by atoms with Crippen LogP contribution in [0.25, 0.3) is 16.7 Å². The smallest absolute Gasteiger partial charge is 0.267 e. The van der Waals surface area contributed by atoms with Crippen LogP contribution in [0.5, 0.6) is 0 Å². The second-order valence-electron chi connectivity index (χ2n) is 4.83. The van der Waals surface area contributed by atoms with Crippen LogP contribution in [0.1, 0.15) is 18.8 Å². The van der Waals surface area contributed by atoms with Crippen LogP contribution in [0.15, 0.2) is 35.4 Å². The Hall–Kier alpha value is -2.87. The van der Waals surface area contributed by atoms with Crippen molar-refractivity contribution in [2.75, 3.05) is 5.73 Å². The average Bonchev–Trinajstić information content (AvgIpc) is 2.49. The van der Waals surface area contributed by atoms with Gasteiger partial charge in [0.15, 0.2) is 5.82 Å². The van der Waals surface area contributed by atoms with Crippen LogP contribution in [0, 0.1) is 5.82 Å². The number of nitrogen functional groups attached to an aromatic ring is 1. The zero-order valence-corrected chi connectivity index (χ0v) is 11.7. The van der Waals surface area contributed by atoms with Crippen LogP contribution in [0.4, 0.5) is 10.2 Å². The highest BCUT2D eigenvalue weighted by molar-refractivity contribution is 5.78. The maximum atomic E-state index is 13.9. The van der Waals surface area contributed by atoms with Crippen LogP contribution >= 0.6 is 0 Å². The van der Waals surface area contributed by atoms with Crippen molar-refractivity contribution in [3.63, 3.8) is 0 Å². The summed E-state index contributed by atoms with van der Waals surface area (Å²) >= 11 is 0.